The van der Waals surface area contributed by atoms with E-state index >= 15 is 0 Å². The van der Waals surface area contributed by atoms with E-state index in [9.17, 15) is 9.59 Å². The molecule has 30 heavy (non-hydrogen) atoms. The molecule has 0 aromatic heterocycles. The smallest absolute Gasteiger partial charge is 0.410 e. The van der Waals surface area contributed by atoms with Gasteiger partial charge in [0.1, 0.15) is 11.6 Å². The molecule has 0 N–H and O–H groups in total. The first-order valence-corrected chi connectivity index (χ1v) is 10.9. The number of rotatable bonds is 4. The number of benzene rings is 1. The Labute approximate surface area is 179 Å². The Hall–Kier alpha value is -2.28. The summed E-state index contributed by atoms with van der Waals surface area (Å²) < 4.78 is 10.9. The van der Waals surface area contributed by atoms with Crippen molar-refractivity contribution in [1.82, 2.24) is 9.80 Å². The maximum atomic E-state index is 13.2. The van der Waals surface area contributed by atoms with Gasteiger partial charge in [-0.15, -0.1) is 0 Å². The second-order valence-electron chi connectivity index (χ2n) is 9.15. The van der Waals surface area contributed by atoms with Crippen LogP contribution in [0.2, 0.25) is 0 Å². The zero-order chi connectivity index (χ0) is 21.7. The lowest BCUT2D eigenvalue weighted by molar-refractivity contribution is -0.137. The molecular formula is C23H35N3O4. The van der Waals surface area contributed by atoms with Gasteiger partial charge in [0.2, 0.25) is 5.91 Å². The molecule has 0 aliphatic carbocycles. The molecule has 1 atom stereocenters. The summed E-state index contributed by atoms with van der Waals surface area (Å²) in [5.41, 5.74) is 1.68. The molecule has 0 spiro atoms. The lowest BCUT2D eigenvalue weighted by Gasteiger charge is -2.37. The van der Waals surface area contributed by atoms with Crippen LogP contribution in [-0.4, -0.2) is 73.3 Å². The number of hydrogen-bond donors (Lipinski definition) is 0. The number of anilines is 1. The number of nitrogens with zero attached hydrogens (tertiary/aromatic N) is 3. The Balaban J connectivity index is 1.61. The average Bonchev–Trinajstić information content (AvgIpc) is 2.73. The molecule has 0 saturated carbocycles. The Morgan fingerprint density at radius 2 is 1.77 bits per heavy atom. The van der Waals surface area contributed by atoms with E-state index in [0.717, 1.165) is 44.7 Å². The molecule has 2 aliphatic rings. The highest BCUT2D eigenvalue weighted by molar-refractivity contribution is 5.85. The van der Waals surface area contributed by atoms with E-state index in [1.54, 1.807) is 16.8 Å². The van der Waals surface area contributed by atoms with Crippen LogP contribution in [0.3, 0.4) is 0 Å². The lowest BCUT2D eigenvalue weighted by atomic mass is 10.0. The van der Waals surface area contributed by atoms with E-state index in [2.05, 4.69) is 29.2 Å². The molecule has 2 amide bonds. The van der Waals surface area contributed by atoms with Crippen molar-refractivity contribution in [2.45, 2.75) is 58.2 Å². The molecule has 7 nitrogen and oxygen atoms in total. The topological polar surface area (TPSA) is 62.3 Å². The molecule has 0 bridgehead atoms. The van der Waals surface area contributed by atoms with Crippen LogP contribution in [0, 0.1) is 0 Å². The number of hydrogen-bond acceptors (Lipinski definition) is 5. The predicted octanol–water partition coefficient (Wildman–Crippen LogP) is 3.27. The number of likely N-dealkylation sites (N-methyl/N-ethyl adjacent to an activating group) is 1. The van der Waals surface area contributed by atoms with Crippen LogP contribution in [0.5, 0.6) is 0 Å². The van der Waals surface area contributed by atoms with E-state index in [-0.39, 0.29) is 5.91 Å². The summed E-state index contributed by atoms with van der Waals surface area (Å²) in [5.74, 6) is -0.0298. The first-order chi connectivity index (χ1) is 14.2. The largest absolute Gasteiger partial charge is 0.444 e. The van der Waals surface area contributed by atoms with Gasteiger partial charge in [0.05, 0.1) is 13.2 Å². The normalized spacial score (nSPS) is 20.1. The van der Waals surface area contributed by atoms with Crippen LogP contribution < -0.4 is 4.90 Å². The molecule has 166 valence electrons. The first-order valence-electron chi connectivity index (χ1n) is 10.9. The van der Waals surface area contributed by atoms with Gasteiger partial charge in [-0.25, -0.2) is 4.79 Å². The van der Waals surface area contributed by atoms with E-state index in [0.29, 0.717) is 19.5 Å². The molecule has 1 aromatic rings. The number of morpholine rings is 1. The van der Waals surface area contributed by atoms with Crippen molar-refractivity contribution in [3.63, 3.8) is 0 Å². The standard InChI is InChI=1S/C23H35N3O4/c1-23(2,3)30-22(28)26-12-6-5-7-20(26)21(27)24(4)17-18-8-10-19(11-9-18)25-13-15-29-16-14-25/h8-11,20H,5-7,12-17H2,1-4H3. The monoisotopic (exact) mass is 417 g/mol. The van der Waals surface area contributed by atoms with Crippen molar-refractivity contribution < 1.29 is 19.1 Å². The van der Waals surface area contributed by atoms with Gasteiger partial charge in [0, 0.05) is 38.9 Å². The lowest BCUT2D eigenvalue weighted by Crippen LogP contribution is -2.53. The fourth-order valence-corrected chi connectivity index (χ4v) is 3.97. The number of carbonyl (C=O) groups excluding carboxylic acids is 2. The van der Waals surface area contributed by atoms with Crippen molar-refractivity contribution in [2.75, 3.05) is 44.8 Å². The minimum absolute atomic E-state index is 0.0298. The minimum atomic E-state index is -0.573. The predicted molar refractivity (Wildman–Crippen MR) is 117 cm³/mol. The maximum absolute atomic E-state index is 13.2. The van der Waals surface area contributed by atoms with Gasteiger partial charge < -0.3 is 19.3 Å². The summed E-state index contributed by atoms with van der Waals surface area (Å²) in [6, 6.07) is 7.90. The Morgan fingerprint density at radius 3 is 2.40 bits per heavy atom. The maximum Gasteiger partial charge on any atom is 0.410 e. The molecule has 1 aromatic carbocycles. The van der Waals surface area contributed by atoms with Gasteiger partial charge in [-0.05, 0) is 57.7 Å². The zero-order valence-corrected chi connectivity index (χ0v) is 18.7. The minimum Gasteiger partial charge on any atom is -0.444 e. The Bertz CT molecular complexity index is 723. The number of likely N-dealkylation sites (tertiary alicyclic amines) is 1. The Morgan fingerprint density at radius 1 is 1.10 bits per heavy atom. The van der Waals surface area contributed by atoms with Gasteiger partial charge in [0.15, 0.2) is 0 Å². The molecule has 2 saturated heterocycles. The third kappa shape index (κ3) is 5.88. The van der Waals surface area contributed by atoms with Crippen LogP contribution in [0.4, 0.5) is 10.5 Å². The van der Waals surface area contributed by atoms with Crippen molar-refractivity contribution in [2.24, 2.45) is 0 Å². The van der Waals surface area contributed by atoms with E-state index in [1.165, 1.54) is 5.69 Å². The highest BCUT2D eigenvalue weighted by Gasteiger charge is 2.36. The van der Waals surface area contributed by atoms with Crippen LogP contribution in [0.15, 0.2) is 24.3 Å². The second-order valence-corrected chi connectivity index (χ2v) is 9.15. The summed E-state index contributed by atoms with van der Waals surface area (Å²) >= 11 is 0. The van der Waals surface area contributed by atoms with Crippen molar-refractivity contribution in [3.05, 3.63) is 29.8 Å². The second kappa shape index (κ2) is 9.69. The van der Waals surface area contributed by atoms with E-state index in [1.807, 2.05) is 20.8 Å². The molecule has 2 aliphatic heterocycles. The Kier molecular flexibility index (Phi) is 7.23. The van der Waals surface area contributed by atoms with Gasteiger partial charge in [-0.2, -0.15) is 0 Å². The number of carbonyl (C=O) groups is 2. The van der Waals surface area contributed by atoms with Gasteiger partial charge in [-0.3, -0.25) is 9.69 Å². The van der Waals surface area contributed by atoms with Crippen molar-refractivity contribution >= 4 is 17.7 Å². The van der Waals surface area contributed by atoms with E-state index < -0.39 is 17.7 Å². The number of ether oxygens (including phenoxy) is 2. The summed E-state index contributed by atoms with van der Waals surface area (Å²) in [7, 11) is 1.81. The van der Waals surface area contributed by atoms with Crippen LogP contribution in [0.1, 0.15) is 45.6 Å². The molecule has 7 heteroatoms. The number of piperidine rings is 1. The molecule has 2 fully saturated rings. The van der Waals surface area contributed by atoms with Crippen LogP contribution >= 0.6 is 0 Å². The third-order valence-corrected chi connectivity index (χ3v) is 5.52. The molecule has 2 heterocycles. The summed E-state index contributed by atoms with van der Waals surface area (Å²) in [6.07, 6.45) is 2.12. The zero-order valence-electron chi connectivity index (χ0n) is 18.7. The van der Waals surface area contributed by atoms with Crippen molar-refractivity contribution in [3.8, 4) is 0 Å². The highest BCUT2D eigenvalue weighted by Crippen LogP contribution is 2.23. The highest BCUT2D eigenvalue weighted by atomic mass is 16.6. The molecular weight excluding hydrogens is 382 g/mol. The molecule has 3 rings (SSSR count). The average molecular weight is 418 g/mol. The third-order valence-electron chi connectivity index (χ3n) is 5.52. The molecule has 1 unspecified atom stereocenters. The SMILES string of the molecule is CN(Cc1ccc(N2CCOCC2)cc1)C(=O)C1CCCCN1C(=O)OC(C)(C)C. The number of amides is 2. The summed E-state index contributed by atoms with van der Waals surface area (Å²) in [5, 5.41) is 0. The van der Waals surface area contributed by atoms with Gasteiger partial charge >= 0.3 is 6.09 Å². The van der Waals surface area contributed by atoms with Crippen LogP contribution in [0.25, 0.3) is 0 Å². The first kappa shape index (κ1) is 22.4. The fraction of sp³-hybridized carbons (Fsp3) is 0.652. The van der Waals surface area contributed by atoms with Crippen LogP contribution in [-0.2, 0) is 20.8 Å². The van der Waals surface area contributed by atoms with Crippen molar-refractivity contribution in [1.29, 1.82) is 0 Å². The quantitative estimate of drug-likeness (QED) is 0.752. The van der Waals surface area contributed by atoms with Gasteiger partial charge in [-0.1, -0.05) is 12.1 Å². The summed E-state index contributed by atoms with van der Waals surface area (Å²) in [6.45, 7) is 9.94. The molecule has 0 radical (unpaired) electrons. The van der Waals surface area contributed by atoms with E-state index in [4.69, 9.17) is 9.47 Å². The van der Waals surface area contributed by atoms with Gasteiger partial charge in [0.25, 0.3) is 0 Å². The summed E-state index contributed by atoms with van der Waals surface area (Å²) in [4.78, 5) is 31.4. The fourth-order valence-electron chi connectivity index (χ4n) is 3.97.